The Kier molecular flexibility index (Phi) is 34.2. The van der Waals surface area contributed by atoms with Crippen molar-refractivity contribution in [2.75, 3.05) is 111 Å². The molecule has 6 heterocycles. The Balaban J connectivity index is 0.000000172. The van der Waals surface area contributed by atoms with Gasteiger partial charge in [-0.05, 0) is 195 Å². The first-order valence-corrected chi connectivity index (χ1v) is 45.5. The highest BCUT2D eigenvalue weighted by atomic mass is 19.2. The number of ether oxygens (including phenoxy) is 2. The second kappa shape index (κ2) is 45.2. The molecule has 2 saturated carbocycles. The number of para-hydroxylation sites is 1. The van der Waals surface area contributed by atoms with E-state index in [1.165, 1.54) is 48.7 Å². The van der Waals surface area contributed by atoms with E-state index >= 15 is 0 Å². The largest absolute Gasteiger partial charge is 0.480 e. The van der Waals surface area contributed by atoms with E-state index in [1.54, 1.807) is 52.3 Å². The number of urea groups is 1. The van der Waals surface area contributed by atoms with Crippen molar-refractivity contribution in [3.8, 4) is 5.75 Å². The van der Waals surface area contributed by atoms with E-state index in [9.17, 15) is 71.8 Å². The van der Waals surface area contributed by atoms with Crippen LogP contribution in [0.4, 0.5) is 37.6 Å². The van der Waals surface area contributed by atoms with Crippen molar-refractivity contribution in [2.24, 2.45) is 35.0 Å². The van der Waals surface area contributed by atoms with E-state index in [4.69, 9.17) is 9.47 Å². The number of aliphatic carboxylic acids is 3. The number of carboxylic acid groups (broad SMARTS) is 3. The summed E-state index contributed by atoms with van der Waals surface area (Å²) in [6, 6.07) is 39.4. The van der Waals surface area contributed by atoms with Crippen LogP contribution < -0.4 is 15.4 Å². The lowest BCUT2D eigenvalue weighted by molar-refractivity contribution is -0.384. The van der Waals surface area contributed by atoms with E-state index in [1.807, 2.05) is 75.9 Å². The normalized spacial score (nSPS) is 22.5. The highest BCUT2D eigenvalue weighted by Gasteiger charge is 2.48. The minimum absolute atomic E-state index is 0.0110. The molecule has 14 rings (SSSR count). The van der Waals surface area contributed by atoms with E-state index < -0.39 is 58.1 Å². The number of likely N-dealkylation sites (tertiary alicyclic amines) is 6. The Bertz CT molecular complexity index is 4590. The number of carbonyl (C=O) groups is 6. The maximum atomic E-state index is 14.3. The van der Waals surface area contributed by atoms with Gasteiger partial charge in [-0.25, -0.2) is 31.9 Å². The van der Waals surface area contributed by atoms with Crippen molar-refractivity contribution in [3.05, 3.63) is 225 Å². The van der Waals surface area contributed by atoms with Gasteiger partial charge in [0.1, 0.15) is 42.1 Å². The van der Waals surface area contributed by atoms with Crippen LogP contribution in [0.15, 0.2) is 158 Å². The van der Waals surface area contributed by atoms with E-state index in [-0.39, 0.29) is 96.4 Å². The van der Waals surface area contributed by atoms with Gasteiger partial charge in [0.05, 0.1) is 4.92 Å². The average molecular weight is 1750 g/mol. The molecule has 5 N–H and O–H groups in total. The summed E-state index contributed by atoms with van der Waals surface area (Å²) in [5.74, 6) is -2.34. The lowest BCUT2D eigenvalue weighted by atomic mass is 9.80. The summed E-state index contributed by atoms with van der Waals surface area (Å²) in [5, 5.41) is 47.2. The van der Waals surface area contributed by atoms with Gasteiger partial charge in [-0.15, -0.1) is 6.58 Å². The molecule has 0 bridgehead atoms. The number of nitro benzene ring substituents is 1. The topological polar surface area (TPSA) is 275 Å². The van der Waals surface area contributed by atoms with Crippen LogP contribution in [0.1, 0.15) is 175 Å². The summed E-state index contributed by atoms with van der Waals surface area (Å²) in [6.07, 6.45) is 15.3. The van der Waals surface area contributed by atoms with E-state index in [0.717, 1.165) is 178 Å². The summed E-state index contributed by atoms with van der Waals surface area (Å²) < 4.78 is 66.3. The van der Waals surface area contributed by atoms with Gasteiger partial charge in [0.15, 0.2) is 11.6 Å². The summed E-state index contributed by atoms with van der Waals surface area (Å²) in [7, 11) is 0. The van der Waals surface area contributed by atoms with Crippen LogP contribution in [0.5, 0.6) is 5.75 Å². The molecule has 4 amide bonds. The molecule has 9 atom stereocenters. The molecule has 6 aliphatic heterocycles. The number of hydrogen-bond donors (Lipinski definition) is 5. The molecule has 6 saturated heterocycles. The molecule has 682 valence electrons. The fourth-order valence-corrected chi connectivity index (χ4v) is 20.9. The third-order valence-corrected chi connectivity index (χ3v) is 27.6. The lowest BCUT2D eigenvalue weighted by Gasteiger charge is -2.39. The fourth-order valence-electron chi connectivity index (χ4n) is 20.9. The maximum Gasteiger partial charge on any atom is 0.412 e. The van der Waals surface area contributed by atoms with Gasteiger partial charge in [-0.2, -0.15) is 0 Å². The number of aryl methyl sites for hydroxylation is 1. The van der Waals surface area contributed by atoms with Crippen molar-refractivity contribution in [1.82, 2.24) is 49.8 Å². The van der Waals surface area contributed by atoms with Crippen LogP contribution in [0.3, 0.4) is 0 Å². The van der Waals surface area contributed by atoms with Crippen molar-refractivity contribution < 1.29 is 76.0 Å². The van der Waals surface area contributed by atoms with Gasteiger partial charge in [0, 0.05) is 166 Å². The molecule has 0 aromatic heterocycles. The van der Waals surface area contributed by atoms with E-state index in [0.29, 0.717) is 80.3 Å². The monoisotopic (exact) mass is 1740 g/mol. The van der Waals surface area contributed by atoms with Crippen LogP contribution in [0.2, 0.25) is 0 Å². The smallest absolute Gasteiger partial charge is 0.412 e. The minimum Gasteiger partial charge on any atom is -0.480 e. The first-order valence-electron chi connectivity index (χ1n) is 45.5. The Morgan fingerprint density at radius 3 is 1.61 bits per heavy atom. The molecule has 1 unspecified atom stereocenters. The second-order valence-electron chi connectivity index (χ2n) is 37.2. The van der Waals surface area contributed by atoms with Crippen molar-refractivity contribution in [3.63, 3.8) is 0 Å². The van der Waals surface area contributed by atoms with Crippen LogP contribution >= 0.6 is 0 Å². The van der Waals surface area contributed by atoms with Gasteiger partial charge in [-0.3, -0.25) is 39.2 Å². The molecule has 6 aromatic rings. The Morgan fingerprint density at radius 1 is 0.571 bits per heavy atom. The first-order chi connectivity index (χ1) is 60.6. The number of carboxylic acids is 3. The first kappa shape index (κ1) is 95.3. The fraction of sp³-hybridized carbons (Fsp3) is 0.551. The number of piperidine rings is 3. The predicted molar refractivity (Wildman–Crippen MR) is 475 cm³/mol. The molecule has 2 aliphatic carbocycles. The van der Waals surface area contributed by atoms with Crippen LogP contribution in [0.25, 0.3) is 0 Å². The predicted octanol–water partition coefficient (Wildman–Crippen LogP) is 16.3. The number of nitrogens with one attached hydrogen (secondary N) is 2. The molecular weight excluding hydrogens is 1620 g/mol. The molecule has 0 spiro atoms. The second-order valence-corrected chi connectivity index (χ2v) is 37.2. The summed E-state index contributed by atoms with van der Waals surface area (Å²) >= 11 is 0. The number of hydrogen-bond acceptors (Lipinski definition) is 16. The van der Waals surface area contributed by atoms with Crippen molar-refractivity contribution in [2.45, 2.75) is 198 Å². The standard InChI is InChI=1S/C34H43FN4O6.C32H43F3N4O3.C32H43N3O4/c1-2-15-38(34(42)45-23-25-9-11-30(12-10-25)39(43)44)29-13-16-36(17-14-29)20-27-21-37(32(33(40)41)18-24-5-3-6-24)22-31(27)26-7-4-8-28(35)19-26;1-5-39(31(42)36-17-21-9-10-27(34)28(35)15-21)25-11-13-37(14-12-25)18-23-19-38(29(30(40)41)32(2,3)4)20-26(23)22-7-6-8-24(33)16-22;1-23-10-8-9-15-29(23)39-32(38)33-27-16-18-34(19-17-27)20-26-21-35(22-28(26)24-11-4-2-5-12-24)30(31(36)37)25-13-6-3-7-14-25/h2,4,7-12,19,24,27,29,31-32H,1,3,5-6,13-18,20-23H2,(H,40,41);6-10,15-16,23,25-26,29H,5,11-14,17-20H2,1-4H3,(H,36,42)(H,40,41);2,4-5,8-12,15,25-28,30H,3,6-7,13-14,16-22H2,1H3,(H,33,38)(H,36,37)/t27-,31+,32+;23-,26+,29?;26-,28+,30+/m000/s1. The van der Waals surface area contributed by atoms with E-state index in [2.05, 4.69) is 72.0 Å². The molecule has 8 fully saturated rings. The third-order valence-electron chi connectivity index (χ3n) is 27.6. The van der Waals surface area contributed by atoms with Crippen LogP contribution in [-0.2, 0) is 32.3 Å². The molecule has 28 heteroatoms. The highest BCUT2D eigenvalue weighted by Crippen LogP contribution is 2.43. The number of rotatable bonds is 30. The average Bonchev–Trinajstić information content (AvgIpc) is 1.66. The quantitative estimate of drug-likeness (QED) is 0.0121. The van der Waals surface area contributed by atoms with Crippen molar-refractivity contribution in [1.29, 1.82) is 0 Å². The number of halogens is 4. The van der Waals surface area contributed by atoms with Gasteiger partial charge >= 0.3 is 36.1 Å². The molecule has 126 heavy (non-hydrogen) atoms. The van der Waals surface area contributed by atoms with Crippen molar-refractivity contribution >= 4 is 41.8 Å². The summed E-state index contributed by atoms with van der Waals surface area (Å²) in [6.45, 7) is 26.0. The molecule has 24 nitrogen and oxygen atoms in total. The zero-order valence-corrected chi connectivity index (χ0v) is 73.7. The summed E-state index contributed by atoms with van der Waals surface area (Å²) in [4.78, 5) is 103. The Hall–Kier alpha value is -9.84. The SMILES string of the molecule is C=CCN(C(=O)OCc1ccc([N+](=O)[O-])cc1)C1CCN(C[C@H]2CN([C@H](CC3CCC3)C(=O)O)C[C@@H]2c2cccc(F)c2)CC1.CCN(C(=O)NCc1ccc(F)c(F)c1)C1CCN(C[C@H]2CN(C(C(=O)O)C(C)(C)C)C[C@@H]2c2cccc(F)c2)CC1.Cc1ccccc1OC(=O)NC1CCN(C[C@H]2CN([C@@H](C(=O)O)C3CCCCC3)C[C@@H]2c2ccccc2)CC1. The number of non-ortho nitro benzene ring substituents is 1. The minimum atomic E-state index is -0.941. The van der Waals surface area contributed by atoms with Crippen LogP contribution in [-0.4, -0.2) is 243 Å². The molecular formula is C98H129F4N11O13. The zero-order chi connectivity index (χ0) is 89.7. The molecule has 8 aliphatic rings. The Morgan fingerprint density at radius 2 is 1.10 bits per heavy atom. The summed E-state index contributed by atoms with van der Waals surface area (Å²) in [5.41, 5.74) is 4.74. The number of nitrogens with zero attached hydrogens (tertiary/aromatic N) is 9. The van der Waals surface area contributed by atoms with Gasteiger partial charge < -0.3 is 59.9 Å². The third kappa shape index (κ3) is 26.0. The van der Waals surface area contributed by atoms with Gasteiger partial charge in [0.2, 0.25) is 0 Å². The number of nitro groups is 1. The molecule has 0 radical (unpaired) electrons. The highest BCUT2D eigenvalue weighted by molar-refractivity contribution is 5.76. The number of carbonyl (C=O) groups excluding carboxylic acids is 3. The lowest BCUT2D eigenvalue weighted by Crippen LogP contribution is -2.51. The number of amides is 4. The Labute approximate surface area is 739 Å². The van der Waals surface area contributed by atoms with Gasteiger partial charge in [-0.1, -0.05) is 144 Å². The molecule has 6 aromatic carbocycles. The zero-order valence-electron chi connectivity index (χ0n) is 73.7. The maximum absolute atomic E-state index is 14.3. The number of benzene rings is 6. The van der Waals surface area contributed by atoms with Crippen LogP contribution in [0, 0.1) is 75.3 Å². The van der Waals surface area contributed by atoms with Gasteiger partial charge in [0.25, 0.3) is 5.69 Å².